The van der Waals surface area contributed by atoms with Crippen LogP contribution in [0.15, 0.2) is 54.6 Å². The number of amides is 3. The van der Waals surface area contributed by atoms with Gasteiger partial charge in [0.05, 0.1) is 11.1 Å². The van der Waals surface area contributed by atoms with Gasteiger partial charge in [-0.1, -0.05) is 42.5 Å². The lowest BCUT2D eigenvalue weighted by molar-refractivity contribution is -0.146. The lowest BCUT2D eigenvalue weighted by Crippen LogP contribution is -2.56. The van der Waals surface area contributed by atoms with Gasteiger partial charge in [-0.3, -0.25) is 24.1 Å². The van der Waals surface area contributed by atoms with E-state index in [2.05, 4.69) is 0 Å². The number of carbonyl (C=O) groups excluding carboxylic acids is 3. The maximum absolute atomic E-state index is 13.2. The normalized spacial score (nSPS) is 21.8. The van der Waals surface area contributed by atoms with E-state index in [1.165, 1.54) is 16.7 Å². The Kier molecular flexibility index (Phi) is 4.64. The van der Waals surface area contributed by atoms with E-state index in [-0.39, 0.29) is 16.9 Å². The number of hydrogen-bond donors (Lipinski definition) is 1. The van der Waals surface area contributed by atoms with Crippen molar-refractivity contribution < 1.29 is 24.3 Å². The van der Waals surface area contributed by atoms with E-state index < -0.39 is 41.7 Å². The van der Waals surface area contributed by atoms with Gasteiger partial charge in [-0.25, -0.2) is 0 Å². The van der Waals surface area contributed by atoms with Crippen molar-refractivity contribution in [3.63, 3.8) is 0 Å². The third-order valence-corrected chi connectivity index (χ3v) is 6.14. The second-order valence-corrected chi connectivity index (χ2v) is 7.61. The SMILES string of the molecule is O=C(O)CN1C(=O)[C@@H](N2C(=O)c3ccccc3C2=O)CS[C@H]1c1ccccc1. The molecule has 0 unspecified atom stereocenters. The van der Waals surface area contributed by atoms with E-state index in [1.54, 1.807) is 24.3 Å². The summed E-state index contributed by atoms with van der Waals surface area (Å²) >= 11 is 1.34. The Balaban J connectivity index is 1.66. The molecular weight excluding hydrogens is 380 g/mol. The highest BCUT2D eigenvalue weighted by Gasteiger charge is 2.47. The monoisotopic (exact) mass is 396 g/mol. The van der Waals surface area contributed by atoms with Gasteiger partial charge in [-0.2, -0.15) is 0 Å². The summed E-state index contributed by atoms with van der Waals surface area (Å²) in [6.45, 7) is -0.509. The van der Waals surface area contributed by atoms with Gasteiger partial charge in [0.1, 0.15) is 18.0 Å². The van der Waals surface area contributed by atoms with E-state index in [0.29, 0.717) is 0 Å². The smallest absolute Gasteiger partial charge is 0.323 e. The largest absolute Gasteiger partial charge is 0.480 e. The van der Waals surface area contributed by atoms with E-state index in [4.69, 9.17) is 0 Å². The van der Waals surface area contributed by atoms with Crippen molar-refractivity contribution in [2.75, 3.05) is 12.3 Å². The first-order valence-electron chi connectivity index (χ1n) is 8.65. The Bertz CT molecular complexity index is 943. The van der Waals surface area contributed by atoms with Gasteiger partial charge in [0.15, 0.2) is 0 Å². The molecule has 2 aliphatic heterocycles. The lowest BCUT2D eigenvalue weighted by Gasteiger charge is -2.40. The molecule has 1 N–H and O–H groups in total. The number of carboxylic acids is 1. The fourth-order valence-electron chi connectivity index (χ4n) is 3.53. The molecule has 8 heteroatoms. The quantitative estimate of drug-likeness (QED) is 0.795. The van der Waals surface area contributed by atoms with Crippen LogP contribution in [0, 0.1) is 0 Å². The van der Waals surface area contributed by atoms with Gasteiger partial charge in [-0.15, -0.1) is 11.8 Å². The lowest BCUT2D eigenvalue weighted by atomic mass is 10.1. The van der Waals surface area contributed by atoms with Crippen LogP contribution in [-0.2, 0) is 9.59 Å². The molecule has 7 nitrogen and oxygen atoms in total. The molecule has 0 bridgehead atoms. The first kappa shape index (κ1) is 18.2. The third kappa shape index (κ3) is 2.95. The molecule has 0 aromatic heterocycles. The van der Waals surface area contributed by atoms with Gasteiger partial charge in [0.25, 0.3) is 11.8 Å². The molecule has 0 radical (unpaired) electrons. The fraction of sp³-hybridized carbons (Fsp3) is 0.200. The van der Waals surface area contributed by atoms with Gasteiger partial charge in [0.2, 0.25) is 5.91 Å². The Morgan fingerprint density at radius 2 is 1.54 bits per heavy atom. The molecule has 0 aliphatic carbocycles. The van der Waals surface area contributed by atoms with Crippen molar-refractivity contribution in [1.82, 2.24) is 9.80 Å². The average Bonchev–Trinajstić information content (AvgIpc) is 2.95. The molecule has 1 fully saturated rings. The molecule has 0 spiro atoms. The second kappa shape index (κ2) is 7.12. The van der Waals surface area contributed by atoms with E-state index in [0.717, 1.165) is 10.5 Å². The fourth-order valence-corrected chi connectivity index (χ4v) is 4.89. The van der Waals surface area contributed by atoms with Crippen LogP contribution in [0.5, 0.6) is 0 Å². The molecule has 3 amide bonds. The maximum Gasteiger partial charge on any atom is 0.323 e. The van der Waals surface area contributed by atoms with E-state index in [9.17, 15) is 24.3 Å². The average molecular weight is 396 g/mol. The molecule has 4 rings (SSSR count). The van der Waals surface area contributed by atoms with Crippen LogP contribution in [0.3, 0.4) is 0 Å². The summed E-state index contributed by atoms with van der Waals surface area (Å²) in [4.78, 5) is 52.2. The van der Waals surface area contributed by atoms with Gasteiger partial charge < -0.3 is 10.0 Å². The van der Waals surface area contributed by atoms with Crippen LogP contribution in [0.4, 0.5) is 0 Å². The third-order valence-electron chi connectivity index (χ3n) is 4.79. The van der Waals surface area contributed by atoms with Crippen molar-refractivity contribution in [1.29, 1.82) is 0 Å². The molecule has 2 heterocycles. The molecule has 2 aromatic rings. The highest BCUT2D eigenvalue weighted by Crippen LogP contribution is 2.39. The van der Waals surface area contributed by atoms with Crippen LogP contribution in [0.25, 0.3) is 0 Å². The van der Waals surface area contributed by atoms with Crippen LogP contribution in [0.2, 0.25) is 0 Å². The number of rotatable bonds is 4. The number of nitrogens with zero attached hydrogens (tertiary/aromatic N) is 2. The zero-order valence-electron chi connectivity index (χ0n) is 14.6. The maximum atomic E-state index is 13.2. The molecule has 2 atom stereocenters. The first-order valence-corrected chi connectivity index (χ1v) is 9.69. The second-order valence-electron chi connectivity index (χ2n) is 6.50. The number of carbonyl (C=O) groups is 4. The van der Waals surface area contributed by atoms with Gasteiger partial charge in [-0.05, 0) is 17.7 Å². The summed E-state index contributed by atoms with van der Waals surface area (Å²) in [5.41, 5.74) is 1.32. The molecule has 1 saturated heterocycles. The number of thioether (sulfide) groups is 1. The summed E-state index contributed by atoms with van der Waals surface area (Å²) in [6.07, 6.45) is 0. The Morgan fingerprint density at radius 3 is 2.11 bits per heavy atom. The summed E-state index contributed by atoms with van der Waals surface area (Å²) in [6, 6.07) is 14.5. The number of aliphatic carboxylic acids is 1. The van der Waals surface area contributed by atoms with Crippen molar-refractivity contribution in [2.45, 2.75) is 11.4 Å². The number of fused-ring (bicyclic) bond motifs is 1. The zero-order valence-corrected chi connectivity index (χ0v) is 15.5. The number of carboxylic acid groups (broad SMARTS) is 1. The summed E-state index contributed by atoms with van der Waals surface area (Å²) < 4.78 is 0. The molecule has 28 heavy (non-hydrogen) atoms. The number of imide groups is 1. The topological polar surface area (TPSA) is 95.0 Å². The minimum absolute atomic E-state index is 0.208. The number of hydrogen-bond acceptors (Lipinski definition) is 5. The molecular formula is C20H16N2O5S. The van der Waals surface area contributed by atoms with Crippen LogP contribution < -0.4 is 0 Å². The van der Waals surface area contributed by atoms with Crippen molar-refractivity contribution in [3.8, 4) is 0 Å². The standard InChI is InChI=1S/C20H16N2O5S/c23-16(24)10-21-19(27)15(11-28-20(21)12-6-2-1-3-7-12)22-17(25)13-8-4-5-9-14(13)18(22)26/h1-9,15,20H,10-11H2,(H,23,24)/t15-,20-/m0/s1. The summed E-state index contributed by atoms with van der Waals surface area (Å²) in [7, 11) is 0. The van der Waals surface area contributed by atoms with Crippen molar-refractivity contribution in [3.05, 3.63) is 71.3 Å². The predicted molar refractivity (Wildman–Crippen MR) is 102 cm³/mol. The summed E-state index contributed by atoms with van der Waals surface area (Å²) in [5.74, 6) is -2.52. The Morgan fingerprint density at radius 1 is 0.964 bits per heavy atom. The van der Waals surface area contributed by atoms with Crippen molar-refractivity contribution >= 4 is 35.5 Å². The molecule has 142 valence electrons. The van der Waals surface area contributed by atoms with E-state index >= 15 is 0 Å². The number of benzene rings is 2. The van der Waals surface area contributed by atoms with Crippen molar-refractivity contribution in [2.24, 2.45) is 0 Å². The van der Waals surface area contributed by atoms with Crippen LogP contribution in [-0.4, -0.2) is 56.9 Å². The molecule has 2 aromatic carbocycles. The van der Waals surface area contributed by atoms with Crippen LogP contribution >= 0.6 is 11.8 Å². The first-order chi connectivity index (χ1) is 13.5. The van der Waals surface area contributed by atoms with Crippen LogP contribution in [0.1, 0.15) is 31.7 Å². The molecule has 2 aliphatic rings. The zero-order chi connectivity index (χ0) is 19.8. The summed E-state index contributed by atoms with van der Waals surface area (Å²) in [5, 5.41) is 8.81. The highest BCUT2D eigenvalue weighted by molar-refractivity contribution is 7.99. The molecule has 0 saturated carbocycles. The van der Waals surface area contributed by atoms with Gasteiger partial charge >= 0.3 is 5.97 Å². The Labute approximate surface area is 164 Å². The minimum Gasteiger partial charge on any atom is -0.480 e. The van der Waals surface area contributed by atoms with E-state index in [1.807, 2.05) is 30.3 Å². The predicted octanol–water partition coefficient (Wildman–Crippen LogP) is 2.01. The van der Waals surface area contributed by atoms with Gasteiger partial charge in [0, 0.05) is 5.75 Å². The minimum atomic E-state index is -1.15. The highest BCUT2D eigenvalue weighted by atomic mass is 32.2. The Hall–Kier alpha value is -3.13.